The Bertz CT molecular complexity index is 641. The van der Waals surface area contributed by atoms with Gasteiger partial charge in [0.25, 0.3) is 5.91 Å². The summed E-state index contributed by atoms with van der Waals surface area (Å²) in [5.41, 5.74) is -0.0112. The minimum absolute atomic E-state index is 0.0112. The van der Waals surface area contributed by atoms with E-state index in [9.17, 15) is 14.0 Å². The van der Waals surface area contributed by atoms with E-state index in [2.05, 4.69) is 5.32 Å². The molecule has 0 aliphatic carbocycles. The molecule has 22 heavy (non-hydrogen) atoms. The minimum atomic E-state index is -0.570. The second-order valence-corrected chi connectivity index (χ2v) is 4.76. The lowest BCUT2D eigenvalue weighted by Crippen LogP contribution is -2.37. The zero-order valence-electron chi connectivity index (χ0n) is 12.2. The molecule has 0 fully saturated rings. The third-order valence-corrected chi connectivity index (χ3v) is 3.16. The molecular weight excluding hydrogens is 287 g/mol. The quantitative estimate of drug-likeness (QED) is 0.890. The predicted octanol–water partition coefficient (Wildman–Crippen LogP) is 2.20. The van der Waals surface area contributed by atoms with Crippen LogP contribution in [0.3, 0.4) is 0 Å². The fourth-order valence-electron chi connectivity index (χ4n) is 1.98. The Balaban J connectivity index is 1.86. The van der Waals surface area contributed by atoms with Crippen molar-refractivity contribution in [2.24, 2.45) is 0 Å². The summed E-state index contributed by atoms with van der Waals surface area (Å²) in [4.78, 5) is 25.0. The third kappa shape index (κ3) is 4.18. The summed E-state index contributed by atoms with van der Waals surface area (Å²) in [5.74, 6) is -0.536. The molecule has 0 saturated carbocycles. The molecule has 2 rings (SSSR count). The summed E-state index contributed by atoms with van der Waals surface area (Å²) in [5, 5.41) is 2.60. The van der Waals surface area contributed by atoms with E-state index in [1.165, 1.54) is 31.4 Å². The minimum Gasteiger partial charge on any atom is -0.467 e. The van der Waals surface area contributed by atoms with E-state index in [1.54, 1.807) is 23.1 Å². The number of amides is 2. The summed E-state index contributed by atoms with van der Waals surface area (Å²) in [6, 6.07) is 9.27. The number of benzene rings is 1. The molecule has 116 valence electrons. The van der Waals surface area contributed by atoms with Crippen LogP contribution in [0, 0.1) is 5.82 Å². The zero-order valence-corrected chi connectivity index (χ0v) is 12.2. The monoisotopic (exact) mass is 304 g/mol. The number of furan rings is 1. The number of hydrogen-bond donors (Lipinski definition) is 1. The van der Waals surface area contributed by atoms with E-state index in [-0.39, 0.29) is 18.0 Å². The van der Waals surface area contributed by atoms with E-state index in [0.717, 1.165) is 0 Å². The first-order valence-electron chi connectivity index (χ1n) is 6.88. The third-order valence-electron chi connectivity index (χ3n) is 3.16. The maximum Gasteiger partial charge on any atom is 0.254 e. The van der Waals surface area contributed by atoms with Crippen LogP contribution in [0.4, 0.5) is 4.39 Å². The van der Waals surface area contributed by atoms with Gasteiger partial charge in [-0.3, -0.25) is 9.59 Å². The Morgan fingerprint density at radius 1 is 1.23 bits per heavy atom. The van der Waals surface area contributed by atoms with Crippen molar-refractivity contribution in [2.75, 3.05) is 13.1 Å². The Morgan fingerprint density at radius 2 is 2.00 bits per heavy atom. The Morgan fingerprint density at radius 3 is 2.64 bits per heavy atom. The van der Waals surface area contributed by atoms with Crippen LogP contribution in [-0.2, 0) is 11.3 Å². The van der Waals surface area contributed by atoms with Crippen LogP contribution in [0.2, 0.25) is 0 Å². The van der Waals surface area contributed by atoms with Crippen LogP contribution >= 0.6 is 0 Å². The molecule has 6 heteroatoms. The number of carbonyl (C=O) groups is 2. The van der Waals surface area contributed by atoms with Crippen molar-refractivity contribution in [3.8, 4) is 0 Å². The fourth-order valence-corrected chi connectivity index (χ4v) is 1.98. The smallest absolute Gasteiger partial charge is 0.254 e. The van der Waals surface area contributed by atoms with E-state index in [0.29, 0.717) is 18.8 Å². The van der Waals surface area contributed by atoms with E-state index >= 15 is 0 Å². The standard InChI is InChI=1S/C16H17FN2O3/c1-12(20)19(11-13-5-4-10-22-13)9-8-18-16(21)14-6-2-3-7-15(14)17/h2-7,10H,8-9,11H2,1H3,(H,18,21). The average molecular weight is 304 g/mol. The van der Waals surface area contributed by atoms with Gasteiger partial charge in [0, 0.05) is 20.0 Å². The van der Waals surface area contributed by atoms with Crippen LogP contribution < -0.4 is 5.32 Å². The summed E-state index contributed by atoms with van der Waals surface area (Å²) >= 11 is 0. The van der Waals surface area contributed by atoms with Crippen molar-refractivity contribution in [2.45, 2.75) is 13.5 Å². The Hall–Kier alpha value is -2.63. The van der Waals surface area contributed by atoms with Gasteiger partial charge in [-0.25, -0.2) is 4.39 Å². The van der Waals surface area contributed by atoms with Gasteiger partial charge in [0.1, 0.15) is 11.6 Å². The number of nitrogens with one attached hydrogen (secondary N) is 1. The first-order valence-corrected chi connectivity index (χ1v) is 6.88. The van der Waals surface area contributed by atoms with E-state index in [1.807, 2.05) is 0 Å². The Kier molecular flexibility index (Phi) is 5.30. The van der Waals surface area contributed by atoms with E-state index in [4.69, 9.17) is 4.42 Å². The highest BCUT2D eigenvalue weighted by atomic mass is 19.1. The largest absolute Gasteiger partial charge is 0.467 e. The van der Waals surface area contributed by atoms with Gasteiger partial charge in [-0.2, -0.15) is 0 Å². The summed E-state index contributed by atoms with van der Waals surface area (Å²) < 4.78 is 18.7. The summed E-state index contributed by atoms with van der Waals surface area (Å²) in [6.07, 6.45) is 1.54. The Labute approximate surface area is 127 Å². The molecule has 2 amide bonds. The number of hydrogen-bond acceptors (Lipinski definition) is 3. The van der Waals surface area contributed by atoms with Crippen LogP contribution in [0.25, 0.3) is 0 Å². The molecular formula is C16H17FN2O3. The second-order valence-electron chi connectivity index (χ2n) is 4.76. The lowest BCUT2D eigenvalue weighted by Gasteiger charge is -2.20. The molecule has 0 spiro atoms. The fraction of sp³-hybridized carbons (Fsp3) is 0.250. The van der Waals surface area contributed by atoms with Gasteiger partial charge in [-0.1, -0.05) is 12.1 Å². The molecule has 1 N–H and O–H groups in total. The molecule has 0 aliphatic rings. The van der Waals surface area contributed by atoms with Crippen LogP contribution in [0.1, 0.15) is 23.0 Å². The van der Waals surface area contributed by atoms with Crippen molar-refractivity contribution in [3.63, 3.8) is 0 Å². The lowest BCUT2D eigenvalue weighted by molar-refractivity contribution is -0.129. The molecule has 0 unspecified atom stereocenters. The number of halogens is 1. The molecule has 0 aliphatic heterocycles. The van der Waals surface area contributed by atoms with Crippen LogP contribution in [0.5, 0.6) is 0 Å². The normalized spacial score (nSPS) is 10.3. The summed E-state index contributed by atoms with van der Waals surface area (Å²) in [7, 11) is 0. The molecule has 0 saturated heterocycles. The van der Waals surface area contributed by atoms with Gasteiger partial charge in [-0.15, -0.1) is 0 Å². The maximum atomic E-state index is 13.5. The van der Waals surface area contributed by atoms with Gasteiger partial charge in [0.2, 0.25) is 5.91 Å². The number of nitrogens with zero attached hydrogens (tertiary/aromatic N) is 1. The van der Waals surface area contributed by atoms with Gasteiger partial charge in [0.05, 0.1) is 18.4 Å². The van der Waals surface area contributed by atoms with Crippen molar-refractivity contribution in [1.82, 2.24) is 10.2 Å². The average Bonchev–Trinajstić information content (AvgIpc) is 2.99. The number of rotatable bonds is 6. The maximum absolute atomic E-state index is 13.5. The molecule has 0 bridgehead atoms. The predicted molar refractivity (Wildman–Crippen MR) is 78.5 cm³/mol. The molecule has 1 heterocycles. The molecule has 1 aromatic carbocycles. The van der Waals surface area contributed by atoms with Crippen molar-refractivity contribution >= 4 is 11.8 Å². The molecule has 0 atom stereocenters. The second kappa shape index (κ2) is 7.40. The zero-order chi connectivity index (χ0) is 15.9. The highest BCUT2D eigenvalue weighted by Crippen LogP contribution is 2.07. The van der Waals surface area contributed by atoms with Gasteiger partial charge in [-0.05, 0) is 24.3 Å². The SMILES string of the molecule is CC(=O)N(CCNC(=O)c1ccccc1F)Cc1ccco1. The highest BCUT2D eigenvalue weighted by molar-refractivity contribution is 5.94. The molecule has 2 aromatic rings. The van der Waals surface area contributed by atoms with Gasteiger partial charge >= 0.3 is 0 Å². The number of carbonyl (C=O) groups excluding carboxylic acids is 2. The summed E-state index contributed by atoms with van der Waals surface area (Å²) in [6.45, 7) is 2.32. The van der Waals surface area contributed by atoms with E-state index < -0.39 is 11.7 Å². The molecule has 1 aromatic heterocycles. The first kappa shape index (κ1) is 15.8. The van der Waals surface area contributed by atoms with Crippen LogP contribution in [0.15, 0.2) is 47.1 Å². The molecule has 0 radical (unpaired) electrons. The first-order chi connectivity index (χ1) is 10.6. The van der Waals surface area contributed by atoms with Crippen molar-refractivity contribution < 1.29 is 18.4 Å². The van der Waals surface area contributed by atoms with Crippen molar-refractivity contribution in [1.29, 1.82) is 0 Å². The highest BCUT2D eigenvalue weighted by Gasteiger charge is 2.13. The van der Waals surface area contributed by atoms with Crippen molar-refractivity contribution in [3.05, 3.63) is 59.8 Å². The lowest BCUT2D eigenvalue weighted by atomic mass is 10.2. The van der Waals surface area contributed by atoms with Crippen LogP contribution in [-0.4, -0.2) is 29.8 Å². The van der Waals surface area contributed by atoms with Gasteiger partial charge in [0.15, 0.2) is 0 Å². The molecule has 5 nitrogen and oxygen atoms in total. The topological polar surface area (TPSA) is 62.6 Å². The van der Waals surface area contributed by atoms with Gasteiger partial charge < -0.3 is 14.6 Å².